The number of thiocarbonyl (C=S) groups is 1. The molecule has 84 valence electrons. The summed E-state index contributed by atoms with van der Waals surface area (Å²) in [5, 5.41) is 0. The van der Waals surface area contributed by atoms with Crippen molar-refractivity contribution in [2.75, 3.05) is 6.54 Å². The van der Waals surface area contributed by atoms with E-state index in [0.717, 1.165) is 19.4 Å². The largest absolute Gasteiger partial charge is 0.392 e. The summed E-state index contributed by atoms with van der Waals surface area (Å²) < 4.78 is 0. The second-order valence-corrected chi connectivity index (χ2v) is 4.40. The molecule has 2 rings (SSSR count). The van der Waals surface area contributed by atoms with E-state index in [2.05, 4.69) is 0 Å². The molecular weight excluding hydrogens is 220 g/mol. The third-order valence-corrected chi connectivity index (χ3v) is 3.13. The third kappa shape index (κ3) is 2.07. The van der Waals surface area contributed by atoms with Gasteiger partial charge in [0.2, 0.25) is 0 Å². The minimum Gasteiger partial charge on any atom is -0.392 e. The van der Waals surface area contributed by atoms with Crippen LogP contribution >= 0.6 is 12.2 Å². The Labute approximate surface area is 100 Å². The SMILES string of the molecule is NC(=S)C1CCCN1C(=O)c1ccccc1. The smallest absolute Gasteiger partial charge is 0.254 e. The van der Waals surface area contributed by atoms with Gasteiger partial charge in [-0.3, -0.25) is 4.79 Å². The van der Waals surface area contributed by atoms with Crippen molar-refractivity contribution in [1.29, 1.82) is 0 Å². The van der Waals surface area contributed by atoms with E-state index < -0.39 is 0 Å². The highest BCUT2D eigenvalue weighted by Crippen LogP contribution is 2.20. The van der Waals surface area contributed by atoms with Crippen molar-refractivity contribution in [1.82, 2.24) is 4.90 Å². The van der Waals surface area contributed by atoms with Crippen LogP contribution in [-0.4, -0.2) is 28.4 Å². The van der Waals surface area contributed by atoms with Crippen molar-refractivity contribution in [2.45, 2.75) is 18.9 Å². The highest BCUT2D eigenvalue weighted by atomic mass is 32.1. The van der Waals surface area contributed by atoms with Gasteiger partial charge >= 0.3 is 0 Å². The van der Waals surface area contributed by atoms with Gasteiger partial charge in [-0.05, 0) is 25.0 Å². The molecule has 1 saturated heterocycles. The number of amides is 1. The summed E-state index contributed by atoms with van der Waals surface area (Å²) >= 11 is 4.99. The van der Waals surface area contributed by atoms with Gasteiger partial charge in [0, 0.05) is 12.1 Å². The first-order valence-electron chi connectivity index (χ1n) is 5.35. The van der Waals surface area contributed by atoms with Crippen molar-refractivity contribution >= 4 is 23.1 Å². The van der Waals surface area contributed by atoms with Crippen LogP contribution in [0.3, 0.4) is 0 Å². The molecule has 4 heteroatoms. The van der Waals surface area contributed by atoms with Crippen LogP contribution in [0.2, 0.25) is 0 Å². The monoisotopic (exact) mass is 234 g/mol. The average Bonchev–Trinajstić information content (AvgIpc) is 2.78. The first kappa shape index (κ1) is 11.1. The Kier molecular flexibility index (Phi) is 3.19. The number of benzene rings is 1. The molecule has 1 aromatic carbocycles. The number of nitrogens with zero attached hydrogens (tertiary/aromatic N) is 1. The van der Waals surface area contributed by atoms with Gasteiger partial charge in [-0.25, -0.2) is 0 Å². The molecule has 3 nitrogen and oxygen atoms in total. The highest BCUT2D eigenvalue weighted by Gasteiger charge is 2.30. The molecule has 1 unspecified atom stereocenters. The minimum absolute atomic E-state index is 0.0240. The molecule has 1 aromatic rings. The Hall–Kier alpha value is -1.42. The maximum Gasteiger partial charge on any atom is 0.254 e. The van der Waals surface area contributed by atoms with Crippen LogP contribution in [0.5, 0.6) is 0 Å². The summed E-state index contributed by atoms with van der Waals surface area (Å²) in [7, 11) is 0. The van der Waals surface area contributed by atoms with Crippen LogP contribution in [0.25, 0.3) is 0 Å². The van der Waals surface area contributed by atoms with Gasteiger partial charge in [0.15, 0.2) is 0 Å². The second-order valence-electron chi connectivity index (χ2n) is 3.92. The van der Waals surface area contributed by atoms with Gasteiger partial charge in [-0.15, -0.1) is 0 Å². The average molecular weight is 234 g/mol. The van der Waals surface area contributed by atoms with Crippen LogP contribution in [0.4, 0.5) is 0 Å². The lowest BCUT2D eigenvalue weighted by Gasteiger charge is -2.23. The molecule has 16 heavy (non-hydrogen) atoms. The molecule has 0 bridgehead atoms. The summed E-state index contributed by atoms with van der Waals surface area (Å²) in [6.45, 7) is 0.746. The zero-order chi connectivity index (χ0) is 11.5. The van der Waals surface area contributed by atoms with Gasteiger partial charge in [0.25, 0.3) is 5.91 Å². The molecule has 0 spiro atoms. The maximum atomic E-state index is 12.2. The number of rotatable bonds is 2. The third-order valence-electron chi connectivity index (χ3n) is 2.86. The number of hydrogen-bond donors (Lipinski definition) is 1. The summed E-state index contributed by atoms with van der Waals surface area (Å²) in [4.78, 5) is 14.4. The van der Waals surface area contributed by atoms with Gasteiger partial charge in [0.1, 0.15) is 0 Å². The predicted octanol–water partition coefficient (Wildman–Crippen LogP) is 1.58. The molecule has 1 heterocycles. The zero-order valence-corrected chi connectivity index (χ0v) is 9.74. The number of hydrogen-bond acceptors (Lipinski definition) is 2. The number of likely N-dealkylation sites (tertiary alicyclic amines) is 1. The lowest BCUT2D eigenvalue weighted by Crippen LogP contribution is -2.42. The lowest BCUT2D eigenvalue weighted by atomic mass is 10.1. The summed E-state index contributed by atoms with van der Waals surface area (Å²) in [6.07, 6.45) is 1.86. The molecule has 1 atom stereocenters. The Balaban J connectivity index is 2.19. The lowest BCUT2D eigenvalue weighted by molar-refractivity contribution is 0.0770. The standard InChI is InChI=1S/C12H14N2OS/c13-11(16)10-7-4-8-14(10)12(15)9-5-2-1-3-6-9/h1-3,5-6,10H,4,7-8H2,(H2,13,16). The molecule has 1 amide bonds. The van der Waals surface area contributed by atoms with Crippen molar-refractivity contribution in [3.05, 3.63) is 35.9 Å². The molecule has 0 radical (unpaired) electrons. The molecule has 1 aliphatic rings. The molecule has 2 N–H and O–H groups in total. The van der Waals surface area contributed by atoms with Crippen molar-refractivity contribution in [3.63, 3.8) is 0 Å². The van der Waals surface area contributed by atoms with Crippen LogP contribution in [0, 0.1) is 0 Å². The fraction of sp³-hybridized carbons (Fsp3) is 0.333. The highest BCUT2D eigenvalue weighted by molar-refractivity contribution is 7.80. The van der Waals surface area contributed by atoms with Crippen molar-refractivity contribution in [2.24, 2.45) is 5.73 Å². The van der Waals surface area contributed by atoms with Crippen molar-refractivity contribution < 1.29 is 4.79 Å². The van der Waals surface area contributed by atoms with Crippen LogP contribution in [0.15, 0.2) is 30.3 Å². The Morgan fingerprint density at radius 2 is 2.06 bits per heavy atom. The van der Waals surface area contributed by atoms with Crippen molar-refractivity contribution in [3.8, 4) is 0 Å². The van der Waals surface area contributed by atoms with E-state index in [9.17, 15) is 4.79 Å². The van der Waals surface area contributed by atoms with Gasteiger partial charge in [0.05, 0.1) is 11.0 Å². The second kappa shape index (κ2) is 4.61. The fourth-order valence-electron chi connectivity index (χ4n) is 2.05. The van der Waals surface area contributed by atoms with E-state index in [1.807, 2.05) is 30.3 Å². The van der Waals surface area contributed by atoms with E-state index in [-0.39, 0.29) is 11.9 Å². The normalized spacial score (nSPS) is 19.8. The van der Waals surface area contributed by atoms with E-state index in [0.29, 0.717) is 10.6 Å². The zero-order valence-electron chi connectivity index (χ0n) is 8.93. The number of carbonyl (C=O) groups is 1. The molecule has 0 saturated carbocycles. The van der Waals surface area contributed by atoms with Gasteiger partial charge in [-0.1, -0.05) is 30.4 Å². The quantitative estimate of drug-likeness (QED) is 0.790. The number of nitrogens with two attached hydrogens (primary N) is 1. The van der Waals surface area contributed by atoms with Gasteiger partial charge < -0.3 is 10.6 Å². The summed E-state index contributed by atoms with van der Waals surface area (Å²) in [6, 6.07) is 9.18. The van der Waals surface area contributed by atoms with Crippen LogP contribution in [0.1, 0.15) is 23.2 Å². The number of carbonyl (C=O) groups excluding carboxylic acids is 1. The van der Waals surface area contributed by atoms with E-state index >= 15 is 0 Å². The molecular formula is C12H14N2OS. The topological polar surface area (TPSA) is 46.3 Å². The molecule has 0 aliphatic carbocycles. The summed E-state index contributed by atoms with van der Waals surface area (Å²) in [5.41, 5.74) is 6.34. The Morgan fingerprint density at radius 3 is 2.69 bits per heavy atom. The molecule has 1 aliphatic heterocycles. The minimum atomic E-state index is -0.0669. The first-order valence-corrected chi connectivity index (χ1v) is 5.76. The van der Waals surface area contributed by atoms with Gasteiger partial charge in [-0.2, -0.15) is 0 Å². The van der Waals surface area contributed by atoms with E-state index in [1.165, 1.54) is 0 Å². The first-order chi connectivity index (χ1) is 7.70. The van der Waals surface area contributed by atoms with E-state index in [1.54, 1.807) is 4.90 Å². The molecule has 0 aromatic heterocycles. The molecule has 1 fully saturated rings. The Morgan fingerprint density at radius 1 is 1.38 bits per heavy atom. The maximum absolute atomic E-state index is 12.2. The van der Waals surface area contributed by atoms with E-state index in [4.69, 9.17) is 18.0 Å². The summed E-state index contributed by atoms with van der Waals surface area (Å²) in [5.74, 6) is 0.0240. The van der Waals surface area contributed by atoms with Crippen LogP contribution in [-0.2, 0) is 0 Å². The fourth-order valence-corrected chi connectivity index (χ4v) is 2.30. The van der Waals surface area contributed by atoms with Crippen LogP contribution < -0.4 is 5.73 Å². The predicted molar refractivity (Wildman–Crippen MR) is 67.3 cm³/mol. The Bertz CT molecular complexity index is 405.